The maximum atomic E-state index is 12.1. The van der Waals surface area contributed by atoms with Crippen LogP contribution in [-0.4, -0.2) is 11.8 Å². The van der Waals surface area contributed by atoms with Crippen LogP contribution in [0.1, 0.15) is 13.8 Å². The average molecular weight is 281 g/mol. The molecule has 1 aliphatic rings. The normalized spacial score (nSPS) is 12.7. The fourth-order valence-corrected chi connectivity index (χ4v) is 2.69. The van der Waals surface area contributed by atoms with Gasteiger partial charge in [-0.05, 0) is 30.3 Å². The first kappa shape index (κ1) is 13.2. The molecular weight excluding hydrogens is 266 g/mol. The largest absolute Gasteiger partial charge is 0.399 e. The summed E-state index contributed by atoms with van der Waals surface area (Å²) in [6.45, 7) is 2.99. The molecule has 0 saturated carbocycles. The minimum absolute atomic E-state index is 0.114. The Morgan fingerprint density at radius 1 is 0.810 bits per heavy atom. The van der Waals surface area contributed by atoms with Crippen LogP contribution in [0.15, 0.2) is 42.5 Å². The Labute approximate surface area is 122 Å². The maximum Gasteiger partial charge on any atom is 0.228 e. The maximum absolute atomic E-state index is 12.1. The summed E-state index contributed by atoms with van der Waals surface area (Å²) >= 11 is 0. The highest BCUT2D eigenvalue weighted by atomic mass is 16.2. The van der Waals surface area contributed by atoms with Crippen molar-refractivity contribution < 1.29 is 9.59 Å². The van der Waals surface area contributed by atoms with Crippen molar-refractivity contribution in [3.8, 4) is 0 Å². The lowest BCUT2D eigenvalue weighted by atomic mass is 10.1. The number of hydrogen-bond donors (Lipinski definition) is 1. The standard InChI is InChI=1S/C16H15N3O2/c1-10(20)18-13-5-3-4-6-14(13)19(11(2)21)16-9-12(17)7-8-15(16)18/h3-9H,17H2,1-2H3. The number of nitrogens with zero attached hydrogens (tertiary/aromatic N) is 2. The Bertz CT molecular complexity index is 755. The van der Waals surface area contributed by atoms with Crippen LogP contribution in [0.3, 0.4) is 0 Å². The number of carbonyl (C=O) groups is 2. The molecule has 0 atom stereocenters. The Balaban J connectivity index is 2.35. The van der Waals surface area contributed by atoms with Crippen molar-refractivity contribution in [2.75, 3.05) is 15.5 Å². The summed E-state index contributed by atoms with van der Waals surface area (Å²) in [6.07, 6.45) is 0. The van der Waals surface area contributed by atoms with E-state index in [0.717, 1.165) is 0 Å². The summed E-state index contributed by atoms with van der Waals surface area (Å²) in [6, 6.07) is 12.5. The van der Waals surface area contributed by atoms with Gasteiger partial charge in [-0.2, -0.15) is 0 Å². The molecule has 5 heteroatoms. The number of benzene rings is 2. The van der Waals surface area contributed by atoms with E-state index in [1.807, 2.05) is 24.3 Å². The van der Waals surface area contributed by atoms with Gasteiger partial charge in [-0.25, -0.2) is 0 Å². The van der Waals surface area contributed by atoms with E-state index in [1.165, 1.54) is 13.8 Å². The predicted octanol–water partition coefficient (Wildman–Crippen LogP) is 2.95. The molecule has 0 radical (unpaired) electrons. The number of carbonyl (C=O) groups excluding carboxylic acids is 2. The molecule has 2 aromatic carbocycles. The summed E-state index contributed by atoms with van der Waals surface area (Å²) < 4.78 is 0. The third-order valence-electron chi connectivity index (χ3n) is 3.47. The second-order valence-electron chi connectivity index (χ2n) is 4.95. The molecule has 0 saturated heterocycles. The van der Waals surface area contributed by atoms with Gasteiger partial charge in [0.05, 0.1) is 22.7 Å². The van der Waals surface area contributed by atoms with Gasteiger partial charge < -0.3 is 5.73 Å². The van der Waals surface area contributed by atoms with Crippen molar-refractivity contribution in [3.05, 3.63) is 42.5 Å². The summed E-state index contributed by atoms with van der Waals surface area (Å²) in [5, 5.41) is 0. The zero-order valence-electron chi connectivity index (χ0n) is 11.8. The molecular formula is C16H15N3O2. The number of para-hydroxylation sites is 2. The van der Waals surface area contributed by atoms with E-state index in [0.29, 0.717) is 28.4 Å². The van der Waals surface area contributed by atoms with Crippen molar-refractivity contribution in [1.82, 2.24) is 0 Å². The SMILES string of the molecule is CC(=O)N1c2ccccc2N(C(C)=O)c2cc(N)ccc21. The Hall–Kier alpha value is -2.82. The molecule has 0 aromatic heterocycles. The molecule has 0 spiro atoms. The quantitative estimate of drug-likeness (QED) is 0.755. The van der Waals surface area contributed by atoms with Crippen molar-refractivity contribution in [2.24, 2.45) is 0 Å². The van der Waals surface area contributed by atoms with Crippen LogP contribution in [-0.2, 0) is 9.59 Å². The van der Waals surface area contributed by atoms with Crippen LogP contribution >= 0.6 is 0 Å². The predicted molar refractivity (Wildman–Crippen MR) is 82.9 cm³/mol. The van der Waals surface area contributed by atoms with E-state index in [9.17, 15) is 9.59 Å². The topological polar surface area (TPSA) is 66.6 Å². The molecule has 1 aliphatic heterocycles. The lowest BCUT2D eigenvalue weighted by molar-refractivity contribution is -0.117. The molecule has 21 heavy (non-hydrogen) atoms. The van der Waals surface area contributed by atoms with Crippen LogP contribution in [0.2, 0.25) is 0 Å². The Morgan fingerprint density at radius 3 is 1.81 bits per heavy atom. The van der Waals surface area contributed by atoms with Gasteiger partial charge in [0.2, 0.25) is 11.8 Å². The van der Waals surface area contributed by atoms with Gasteiger partial charge in [-0.3, -0.25) is 19.4 Å². The minimum atomic E-state index is -0.127. The number of nitrogen functional groups attached to an aromatic ring is 1. The summed E-state index contributed by atoms with van der Waals surface area (Å²) in [4.78, 5) is 27.4. The van der Waals surface area contributed by atoms with Crippen molar-refractivity contribution in [2.45, 2.75) is 13.8 Å². The molecule has 0 unspecified atom stereocenters. The molecule has 2 amide bonds. The Kier molecular flexibility index (Phi) is 2.90. The van der Waals surface area contributed by atoms with Crippen LogP contribution in [0, 0.1) is 0 Å². The van der Waals surface area contributed by atoms with Gasteiger partial charge in [0, 0.05) is 19.5 Å². The lowest BCUT2D eigenvalue weighted by Crippen LogP contribution is -2.34. The molecule has 2 N–H and O–H groups in total. The summed E-state index contributed by atoms with van der Waals surface area (Å²) in [5.74, 6) is -0.242. The highest BCUT2D eigenvalue weighted by molar-refractivity contribution is 6.15. The van der Waals surface area contributed by atoms with Gasteiger partial charge in [-0.15, -0.1) is 0 Å². The van der Waals surface area contributed by atoms with E-state index < -0.39 is 0 Å². The minimum Gasteiger partial charge on any atom is -0.399 e. The van der Waals surface area contributed by atoms with Gasteiger partial charge in [-0.1, -0.05) is 12.1 Å². The first-order valence-corrected chi connectivity index (χ1v) is 6.60. The highest BCUT2D eigenvalue weighted by Gasteiger charge is 2.32. The number of anilines is 5. The fraction of sp³-hybridized carbons (Fsp3) is 0.125. The third kappa shape index (κ3) is 1.94. The number of rotatable bonds is 0. The lowest BCUT2D eigenvalue weighted by Gasteiger charge is -2.37. The van der Waals surface area contributed by atoms with E-state index in [4.69, 9.17) is 5.73 Å². The second-order valence-corrected chi connectivity index (χ2v) is 4.95. The van der Waals surface area contributed by atoms with Crippen LogP contribution < -0.4 is 15.5 Å². The van der Waals surface area contributed by atoms with Crippen molar-refractivity contribution >= 4 is 40.3 Å². The van der Waals surface area contributed by atoms with E-state index in [-0.39, 0.29) is 11.8 Å². The summed E-state index contributed by atoms with van der Waals surface area (Å²) in [7, 11) is 0. The van der Waals surface area contributed by atoms with Gasteiger partial charge in [0.1, 0.15) is 0 Å². The fourth-order valence-electron chi connectivity index (χ4n) is 2.69. The van der Waals surface area contributed by atoms with Crippen molar-refractivity contribution in [1.29, 1.82) is 0 Å². The molecule has 0 bridgehead atoms. The van der Waals surface area contributed by atoms with E-state index in [1.54, 1.807) is 28.0 Å². The zero-order chi connectivity index (χ0) is 15.1. The molecule has 3 rings (SSSR count). The van der Waals surface area contributed by atoms with Gasteiger partial charge >= 0.3 is 0 Å². The number of amides is 2. The number of nitrogens with two attached hydrogens (primary N) is 1. The number of hydrogen-bond acceptors (Lipinski definition) is 3. The third-order valence-corrected chi connectivity index (χ3v) is 3.47. The molecule has 106 valence electrons. The van der Waals surface area contributed by atoms with Crippen LogP contribution in [0.25, 0.3) is 0 Å². The van der Waals surface area contributed by atoms with Gasteiger partial charge in [0.25, 0.3) is 0 Å². The van der Waals surface area contributed by atoms with Crippen LogP contribution in [0.4, 0.5) is 28.4 Å². The van der Waals surface area contributed by atoms with E-state index in [2.05, 4.69) is 0 Å². The molecule has 1 heterocycles. The summed E-state index contributed by atoms with van der Waals surface area (Å²) in [5.41, 5.74) is 9.04. The highest BCUT2D eigenvalue weighted by Crippen LogP contribution is 2.48. The first-order valence-electron chi connectivity index (χ1n) is 6.60. The first-order chi connectivity index (χ1) is 10.0. The monoisotopic (exact) mass is 281 g/mol. The molecule has 5 nitrogen and oxygen atoms in total. The smallest absolute Gasteiger partial charge is 0.228 e. The number of fused-ring (bicyclic) bond motifs is 2. The Morgan fingerprint density at radius 2 is 1.29 bits per heavy atom. The molecule has 0 fully saturated rings. The molecule has 2 aromatic rings. The van der Waals surface area contributed by atoms with Crippen LogP contribution in [0.5, 0.6) is 0 Å². The van der Waals surface area contributed by atoms with E-state index >= 15 is 0 Å². The molecule has 0 aliphatic carbocycles. The average Bonchev–Trinajstić information content (AvgIpc) is 2.43. The second kappa shape index (κ2) is 4.63. The van der Waals surface area contributed by atoms with Gasteiger partial charge in [0.15, 0.2) is 0 Å². The van der Waals surface area contributed by atoms with Crippen molar-refractivity contribution in [3.63, 3.8) is 0 Å². The zero-order valence-corrected chi connectivity index (χ0v) is 11.8.